The van der Waals surface area contributed by atoms with Crippen LogP contribution in [0.4, 0.5) is 0 Å². The Morgan fingerprint density at radius 1 is 0.348 bits per heavy atom. The minimum atomic E-state index is -0.406. The van der Waals surface area contributed by atoms with Crippen molar-refractivity contribution in [3.05, 3.63) is 164 Å². The van der Waals surface area contributed by atoms with E-state index in [0.717, 1.165) is 12.8 Å². The molecule has 4 heterocycles. The van der Waals surface area contributed by atoms with Crippen molar-refractivity contribution in [2.24, 2.45) is 0 Å². The van der Waals surface area contributed by atoms with Gasteiger partial charge in [-0.1, -0.05) is 178 Å². The van der Waals surface area contributed by atoms with Crippen molar-refractivity contribution >= 4 is 45.3 Å². The Bertz CT molecular complexity index is 2780. The second-order valence-electron chi connectivity index (χ2n) is 20.2. The summed E-state index contributed by atoms with van der Waals surface area (Å²) in [5, 5.41) is 4.89. The second-order valence-corrected chi connectivity index (χ2v) is 24.1. The van der Waals surface area contributed by atoms with E-state index in [4.69, 9.17) is 0 Å². The van der Waals surface area contributed by atoms with Gasteiger partial charge in [-0.3, -0.25) is 0 Å². The number of benzene rings is 4. The van der Waals surface area contributed by atoms with Gasteiger partial charge >= 0.3 is 0 Å². The first kappa shape index (κ1) is 48.3. The van der Waals surface area contributed by atoms with E-state index in [2.05, 4.69) is 148 Å². The molecule has 356 valence electrons. The Morgan fingerprint density at radius 3 is 1.16 bits per heavy atom. The number of rotatable bonds is 24. The molecule has 0 atom stereocenters. The summed E-state index contributed by atoms with van der Waals surface area (Å²) in [6.07, 6.45) is 25.5. The van der Waals surface area contributed by atoms with E-state index < -0.39 is 5.41 Å². The molecule has 0 fully saturated rings. The normalized spacial score (nSPS) is 13.0. The zero-order valence-electron chi connectivity index (χ0n) is 41.8. The Morgan fingerprint density at radius 2 is 0.739 bits per heavy atom. The standard InChI is InChI=1S/C65H72S4/c1-5-9-13-17-25-45-37-61(66-43-45)63-49(27-19-15-11-7-3)41-59(68-63)47-33-35-53-51-29-21-23-31-55(51)65(57(53)39-47)56-32-24-22-30-52(56)54-36-34-48(40-58(54)65)60-42-50(28-20-16-12-8-4)64(69-60)62-38-46(44-67-62)26-18-14-10-6-2/h21-24,29-44H,5-20,25-28H2,1-4H3. The maximum atomic E-state index is 2.62. The smallest absolute Gasteiger partial charge is 0.0725 e. The van der Waals surface area contributed by atoms with Crippen molar-refractivity contribution in [3.63, 3.8) is 0 Å². The summed E-state index contributed by atoms with van der Waals surface area (Å²) < 4.78 is 0. The average Bonchev–Trinajstić information content (AvgIpc) is 4.26. The van der Waals surface area contributed by atoms with Gasteiger partial charge in [0.05, 0.1) is 5.41 Å². The van der Waals surface area contributed by atoms with E-state index in [1.165, 1.54) is 223 Å². The van der Waals surface area contributed by atoms with Gasteiger partial charge in [0, 0.05) is 29.3 Å². The van der Waals surface area contributed by atoms with Crippen LogP contribution in [0.3, 0.4) is 0 Å². The number of aryl methyl sites for hydroxylation is 4. The molecule has 4 aromatic heterocycles. The van der Waals surface area contributed by atoms with Crippen molar-refractivity contribution in [2.75, 3.05) is 0 Å². The first-order valence-electron chi connectivity index (χ1n) is 27.0. The summed E-state index contributed by atoms with van der Waals surface area (Å²) in [7, 11) is 0. The van der Waals surface area contributed by atoms with Crippen LogP contribution in [-0.4, -0.2) is 0 Å². The molecule has 0 aliphatic heterocycles. The number of hydrogen-bond acceptors (Lipinski definition) is 4. The molecule has 0 saturated heterocycles. The predicted octanol–water partition coefficient (Wildman–Crippen LogP) is 21.4. The molecule has 0 radical (unpaired) electrons. The van der Waals surface area contributed by atoms with Crippen LogP contribution in [0.1, 0.15) is 175 Å². The lowest BCUT2D eigenvalue weighted by molar-refractivity contribution is 0.667. The van der Waals surface area contributed by atoms with Gasteiger partial charge in [0.2, 0.25) is 0 Å². The second kappa shape index (κ2) is 22.4. The van der Waals surface area contributed by atoms with Crippen molar-refractivity contribution in [2.45, 2.75) is 162 Å². The van der Waals surface area contributed by atoms with Crippen LogP contribution in [0, 0.1) is 0 Å². The fourth-order valence-electron chi connectivity index (χ4n) is 11.6. The maximum Gasteiger partial charge on any atom is 0.0725 e. The molecule has 1 spiro atoms. The van der Waals surface area contributed by atoms with E-state index in [0.29, 0.717) is 0 Å². The highest BCUT2D eigenvalue weighted by Gasteiger charge is 2.51. The highest BCUT2D eigenvalue weighted by Crippen LogP contribution is 2.64. The number of fused-ring (bicyclic) bond motifs is 10. The van der Waals surface area contributed by atoms with E-state index in [1.807, 2.05) is 45.3 Å². The predicted molar refractivity (Wildman–Crippen MR) is 307 cm³/mol. The molecule has 0 N–H and O–H groups in total. The first-order valence-corrected chi connectivity index (χ1v) is 30.3. The molecule has 2 aliphatic carbocycles. The topological polar surface area (TPSA) is 0 Å². The van der Waals surface area contributed by atoms with Crippen LogP contribution < -0.4 is 0 Å². The number of hydrogen-bond donors (Lipinski definition) is 0. The highest BCUT2D eigenvalue weighted by molar-refractivity contribution is 7.24. The minimum absolute atomic E-state index is 0.406. The summed E-state index contributed by atoms with van der Waals surface area (Å²) >= 11 is 8.01. The van der Waals surface area contributed by atoms with Gasteiger partial charge in [0.15, 0.2) is 0 Å². The fourth-order valence-corrected chi connectivity index (χ4v) is 16.2. The van der Waals surface area contributed by atoms with Crippen molar-refractivity contribution in [3.8, 4) is 62.6 Å². The Balaban J connectivity index is 1.07. The van der Waals surface area contributed by atoms with Crippen LogP contribution in [-0.2, 0) is 31.1 Å². The van der Waals surface area contributed by atoms with Crippen LogP contribution in [0.5, 0.6) is 0 Å². The molecule has 0 unspecified atom stereocenters. The summed E-state index contributed by atoms with van der Waals surface area (Å²) in [5.41, 5.74) is 19.6. The van der Waals surface area contributed by atoms with Gasteiger partial charge in [-0.15, -0.1) is 45.3 Å². The van der Waals surface area contributed by atoms with E-state index in [-0.39, 0.29) is 0 Å². The zero-order chi connectivity index (χ0) is 47.2. The maximum absolute atomic E-state index is 2.62. The quantitative estimate of drug-likeness (QED) is 0.0529. The zero-order valence-corrected chi connectivity index (χ0v) is 45.1. The largest absolute Gasteiger partial charge is 0.143 e. The van der Waals surface area contributed by atoms with Gasteiger partial charge < -0.3 is 0 Å². The lowest BCUT2D eigenvalue weighted by Crippen LogP contribution is -2.26. The summed E-state index contributed by atoms with van der Waals surface area (Å²) in [4.78, 5) is 8.71. The first-order chi connectivity index (χ1) is 34.0. The molecule has 4 heteroatoms. The SMILES string of the molecule is CCCCCCc1csc(-c2sc(-c3ccc4c(c3)C3(c5ccccc5-4)c4ccccc4-c4ccc(-c5cc(CCCCCC)c(-c6cc(CCCCCC)cs6)s5)cc43)cc2CCCCCC)c1. The third kappa shape index (κ3) is 9.74. The molecule has 69 heavy (non-hydrogen) atoms. The molecule has 0 amide bonds. The third-order valence-electron chi connectivity index (χ3n) is 15.3. The number of thiophene rings is 4. The van der Waals surface area contributed by atoms with Crippen LogP contribution in [0.25, 0.3) is 62.6 Å². The van der Waals surface area contributed by atoms with Gasteiger partial charge in [-0.25, -0.2) is 0 Å². The van der Waals surface area contributed by atoms with E-state index in [9.17, 15) is 0 Å². The molecule has 0 nitrogen and oxygen atoms in total. The van der Waals surface area contributed by atoms with Crippen LogP contribution in [0.15, 0.2) is 120 Å². The number of unbranched alkanes of at least 4 members (excludes halogenated alkanes) is 12. The van der Waals surface area contributed by atoms with Gasteiger partial charge in [0.1, 0.15) is 0 Å². The Labute approximate surface area is 431 Å². The molecule has 0 bridgehead atoms. The van der Waals surface area contributed by atoms with Crippen molar-refractivity contribution < 1.29 is 0 Å². The summed E-state index contributed by atoms with van der Waals surface area (Å²) in [6, 6.07) is 44.0. The summed E-state index contributed by atoms with van der Waals surface area (Å²) in [5.74, 6) is 0. The van der Waals surface area contributed by atoms with Crippen LogP contribution >= 0.6 is 45.3 Å². The Kier molecular flexibility index (Phi) is 15.7. The molecule has 4 aromatic carbocycles. The molecular formula is C65H72S4. The molecule has 8 aromatic rings. The highest BCUT2D eigenvalue weighted by atomic mass is 32.1. The average molecular weight is 982 g/mol. The summed E-state index contributed by atoms with van der Waals surface area (Å²) in [6.45, 7) is 9.26. The fraction of sp³-hybridized carbons (Fsp3) is 0.385. The van der Waals surface area contributed by atoms with Crippen molar-refractivity contribution in [1.82, 2.24) is 0 Å². The minimum Gasteiger partial charge on any atom is -0.143 e. The van der Waals surface area contributed by atoms with Crippen LogP contribution in [0.2, 0.25) is 0 Å². The third-order valence-corrected chi connectivity index (χ3v) is 20.0. The molecule has 10 rings (SSSR count). The molecule has 0 saturated carbocycles. The lowest BCUT2D eigenvalue weighted by atomic mass is 9.70. The Hall–Kier alpha value is -4.32. The molecule has 2 aliphatic rings. The van der Waals surface area contributed by atoms with Gasteiger partial charge in [-0.2, -0.15) is 0 Å². The lowest BCUT2D eigenvalue weighted by Gasteiger charge is -2.31. The van der Waals surface area contributed by atoms with Gasteiger partial charge in [0.25, 0.3) is 0 Å². The van der Waals surface area contributed by atoms with Crippen molar-refractivity contribution in [1.29, 1.82) is 0 Å². The molecular weight excluding hydrogens is 909 g/mol. The monoisotopic (exact) mass is 980 g/mol. The van der Waals surface area contributed by atoms with E-state index in [1.54, 1.807) is 0 Å². The van der Waals surface area contributed by atoms with E-state index >= 15 is 0 Å². The van der Waals surface area contributed by atoms with Gasteiger partial charge in [-0.05, 0) is 176 Å².